The van der Waals surface area contributed by atoms with Gasteiger partial charge in [0.15, 0.2) is 0 Å². The molecule has 1 saturated carbocycles. The molecule has 0 aromatic carbocycles. The van der Waals surface area contributed by atoms with Crippen molar-refractivity contribution in [2.24, 2.45) is 11.8 Å². The van der Waals surface area contributed by atoms with Crippen molar-refractivity contribution in [2.45, 2.75) is 58.1 Å². The maximum Gasteiger partial charge on any atom is 0.328 e. The van der Waals surface area contributed by atoms with Gasteiger partial charge < -0.3 is 15.2 Å². The van der Waals surface area contributed by atoms with Crippen molar-refractivity contribution in [1.29, 1.82) is 0 Å². The Morgan fingerprint density at radius 2 is 2.10 bits per heavy atom. The number of aliphatic hydroxyl groups excluding tert-OH is 1. The van der Waals surface area contributed by atoms with Gasteiger partial charge in [-0.05, 0) is 31.1 Å². The van der Waals surface area contributed by atoms with Gasteiger partial charge in [0.05, 0.1) is 7.11 Å². The van der Waals surface area contributed by atoms with Crippen molar-refractivity contribution >= 4 is 17.7 Å². The Morgan fingerprint density at radius 1 is 1.43 bits per heavy atom. The third-order valence-electron chi connectivity index (χ3n) is 3.74. The summed E-state index contributed by atoms with van der Waals surface area (Å²) < 4.78 is 4.72. The summed E-state index contributed by atoms with van der Waals surface area (Å²) in [7, 11) is 1.25. The van der Waals surface area contributed by atoms with Crippen LogP contribution >= 0.6 is 0 Å². The lowest BCUT2D eigenvalue weighted by Gasteiger charge is -2.29. The van der Waals surface area contributed by atoms with E-state index in [0.29, 0.717) is 25.7 Å². The summed E-state index contributed by atoms with van der Waals surface area (Å²) in [5.74, 6) is -1.15. The molecule has 3 atom stereocenters. The average molecular weight is 299 g/mol. The van der Waals surface area contributed by atoms with Crippen LogP contribution in [0.25, 0.3) is 0 Å². The number of carbonyl (C=O) groups is 3. The number of ether oxygens (including phenoxy) is 1. The molecule has 2 N–H and O–H groups in total. The molecular weight excluding hydrogens is 274 g/mol. The van der Waals surface area contributed by atoms with Crippen LogP contribution in [0.2, 0.25) is 0 Å². The summed E-state index contributed by atoms with van der Waals surface area (Å²) in [6.07, 6.45) is 1.35. The Labute approximate surface area is 125 Å². The maximum absolute atomic E-state index is 12.0. The molecule has 6 nitrogen and oxygen atoms in total. The standard InChI is InChI=1S/C15H25NO5/c1-9(2)7-12(18)14(19)16-13(15(20)21-3)10-5-4-6-11(17)8-10/h9-10,12-13,18H,4-8H2,1-3H3,(H,16,19)/t10-,12+,13+/m0/s1. The number of Topliss-reactive ketones (excluding diaryl/α,β-unsaturated/α-hetero) is 1. The molecule has 0 spiro atoms. The average Bonchev–Trinajstić information content (AvgIpc) is 2.42. The van der Waals surface area contributed by atoms with Crippen molar-refractivity contribution < 1.29 is 24.2 Å². The number of rotatable bonds is 6. The molecule has 1 rings (SSSR count). The van der Waals surface area contributed by atoms with Gasteiger partial charge in [-0.3, -0.25) is 9.59 Å². The second-order valence-electron chi connectivity index (χ2n) is 6.05. The van der Waals surface area contributed by atoms with Crippen LogP contribution in [0, 0.1) is 11.8 Å². The topological polar surface area (TPSA) is 92.7 Å². The highest BCUT2D eigenvalue weighted by Gasteiger charge is 2.35. The second kappa shape index (κ2) is 8.12. The minimum atomic E-state index is -1.16. The Balaban J connectivity index is 2.72. The highest BCUT2D eigenvalue weighted by atomic mass is 16.5. The van der Waals surface area contributed by atoms with Crippen LogP contribution in [0.4, 0.5) is 0 Å². The number of amides is 1. The molecule has 0 aliphatic heterocycles. The first-order valence-electron chi connectivity index (χ1n) is 7.43. The summed E-state index contributed by atoms with van der Waals surface area (Å²) in [5, 5.41) is 12.4. The molecule has 21 heavy (non-hydrogen) atoms. The summed E-state index contributed by atoms with van der Waals surface area (Å²) in [5.41, 5.74) is 0. The number of carbonyl (C=O) groups excluding carboxylic acids is 3. The maximum atomic E-state index is 12.0. The van der Waals surface area contributed by atoms with Crippen LogP contribution in [0.3, 0.4) is 0 Å². The van der Waals surface area contributed by atoms with Crippen LogP contribution in [-0.2, 0) is 19.1 Å². The molecule has 0 radical (unpaired) electrons. The summed E-state index contributed by atoms with van der Waals surface area (Å²) in [6, 6.07) is -0.867. The molecular formula is C15H25NO5. The molecule has 6 heteroatoms. The van der Waals surface area contributed by atoms with E-state index >= 15 is 0 Å². The van der Waals surface area contributed by atoms with Crippen molar-refractivity contribution in [1.82, 2.24) is 5.32 Å². The van der Waals surface area contributed by atoms with E-state index in [0.717, 1.165) is 0 Å². The van der Waals surface area contributed by atoms with Crippen molar-refractivity contribution in [3.63, 3.8) is 0 Å². The Hall–Kier alpha value is -1.43. The smallest absolute Gasteiger partial charge is 0.328 e. The largest absolute Gasteiger partial charge is 0.467 e. The summed E-state index contributed by atoms with van der Waals surface area (Å²) in [4.78, 5) is 35.4. The number of hydrogen-bond donors (Lipinski definition) is 2. The first kappa shape index (κ1) is 17.6. The molecule has 0 unspecified atom stereocenters. The molecule has 1 aliphatic carbocycles. The van der Waals surface area contributed by atoms with Crippen molar-refractivity contribution in [3.05, 3.63) is 0 Å². The first-order chi connectivity index (χ1) is 9.85. The molecule has 0 heterocycles. The van der Waals surface area contributed by atoms with Gasteiger partial charge in [-0.1, -0.05) is 13.8 Å². The Morgan fingerprint density at radius 3 is 2.62 bits per heavy atom. The lowest BCUT2D eigenvalue weighted by Crippen LogP contribution is -2.51. The SMILES string of the molecule is COC(=O)[C@H](NC(=O)[C@H](O)CC(C)C)[C@H]1CCCC(=O)C1. The lowest BCUT2D eigenvalue weighted by atomic mass is 9.83. The molecule has 0 bridgehead atoms. The van der Waals surface area contributed by atoms with Gasteiger partial charge >= 0.3 is 5.97 Å². The van der Waals surface area contributed by atoms with Crippen LogP contribution in [-0.4, -0.2) is 42.0 Å². The van der Waals surface area contributed by atoms with Crippen LogP contribution in [0.15, 0.2) is 0 Å². The Bertz CT molecular complexity index is 394. The van der Waals surface area contributed by atoms with Gasteiger partial charge in [0.25, 0.3) is 0 Å². The van der Waals surface area contributed by atoms with Crippen molar-refractivity contribution in [2.75, 3.05) is 7.11 Å². The van der Waals surface area contributed by atoms with Gasteiger partial charge in [-0.2, -0.15) is 0 Å². The van der Waals surface area contributed by atoms with E-state index in [-0.39, 0.29) is 24.0 Å². The van der Waals surface area contributed by atoms with Crippen molar-refractivity contribution in [3.8, 4) is 0 Å². The van der Waals surface area contributed by atoms with Crippen LogP contribution in [0.1, 0.15) is 46.0 Å². The molecule has 120 valence electrons. The zero-order chi connectivity index (χ0) is 16.0. The predicted molar refractivity (Wildman–Crippen MR) is 76.4 cm³/mol. The molecule has 0 saturated heterocycles. The normalized spacial score (nSPS) is 21.8. The number of aliphatic hydroxyl groups is 1. The Kier molecular flexibility index (Phi) is 6.81. The van der Waals surface area contributed by atoms with E-state index in [1.165, 1.54) is 7.11 Å². The van der Waals surface area contributed by atoms with E-state index in [4.69, 9.17) is 4.74 Å². The summed E-state index contributed by atoms with van der Waals surface area (Å²) in [6.45, 7) is 3.79. The van der Waals surface area contributed by atoms with E-state index in [2.05, 4.69) is 5.32 Å². The third-order valence-corrected chi connectivity index (χ3v) is 3.74. The first-order valence-corrected chi connectivity index (χ1v) is 7.43. The van der Waals surface area contributed by atoms with Gasteiger partial charge in [0.2, 0.25) is 5.91 Å². The zero-order valence-electron chi connectivity index (χ0n) is 12.9. The quantitative estimate of drug-likeness (QED) is 0.708. The van der Waals surface area contributed by atoms with E-state index in [1.54, 1.807) is 0 Å². The van der Waals surface area contributed by atoms with E-state index in [9.17, 15) is 19.5 Å². The molecule has 0 aromatic rings. The molecule has 1 aliphatic rings. The van der Waals surface area contributed by atoms with Crippen LogP contribution < -0.4 is 5.32 Å². The second-order valence-corrected chi connectivity index (χ2v) is 6.05. The van der Waals surface area contributed by atoms with Gasteiger partial charge in [-0.15, -0.1) is 0 Å². The number of ketones is 1. The lowest BCUT2D eigenvalue weighted by molar-refractivity contribution is -0.148. The van der Waals surface area contributed by atoms with E-state index < -0.39 is 24.0 Å². The molecule has 0 aromatic heterocycles. The molecule has 1 amide bonds. The number of hydrogen-bond acceptors (Lipinski definition) is 5. The molecule has 1 fully saturated rings. The van der Waals surface area contributed by atoms with E-state index in [1.807, 2.05) is 13.8 Å². The fraction of sp³-hybridized carbons (Fsp3) is 0.800. The fourth-order valence-electron chi connectivity index (χ4n) is 2.64. The highest BCUT2D eigenvalue weighted by molar-refractivity contribution is 5.88. The van der Waals surface area contributed by atoms with Crippen LogP contribution in [0.5, 0.6) is 0 Å². The third kappa shape index (κ3) is 5.46. The van der Waals surface area contributed by atoms with Gasteiger partial charge in [0, 0.05) is 12.8 Å². The number of methoxy groups -OCH3 is 1. The number of esters is 1. The number of nitrogens with one attached hydrogen (secondary N) is 1. The predicted octanol–water partition coefficient (Wildman–Crippen LogP) is 0.810. The highest BCUT2D eigenvalue weighted by Crippen LogP contribution is 2.25. The monoisotopic (exact) mass is 299 g/mol. The van der Waals surface area contributed by atoms with Gasteiger partial charge in [0.1, 0.15) is 17.9 Å². The van der Waals surface area contributed by atoms with Gasteiger partial charge in [-0.25, -0.2) is 4.79 Å². The minimum Gasteiger partial charge on any atom is -0.467 e. The summed E-state index contributed by atoms with van der Waals surface area (Å²) >= 11 is 0. The zero-order valence-corrected chi connectivity index (χ0v) is 12.9. The fourth-order valence-corrected chi connectivity index (χ4v) is 2.64. The minimum absolute atomic E-state index is 0.0946.